The Morgan fingerprint density at radius 1 is 1.28 bits per heavy atom. The fourth-order valence-electron chi connectivity index (χ4n) is 2.14. The molecular formula is C12H16BrNO3S. The molecule has 1 saturated heterocycles. The summed E-state index contributed by atoms with van der Waals surface area (Å²) in [7, 11) is -1.86. The minimum Gasteiger partial charge on any atom is -0.496 e. The van der Waals surface area contributed by atoms with Crippen molar-refractivity contribution in [3.63, 3.8) is 0 Å². The zero-order chi connectivity index (χ0) is 13.3. The molecule has 0 saturated carbocycles. The molecule has 2 rings (SSSR count). The van der Waals surface area contributed by atoms with Crippen molar-refractivity contribution in [1.82, 2.24) is 4.31 Å². The van der Waals surface area contributed by atoms with E-state index in [9.17, 15) is 8.42 Å². The highest BCUT2D eigenvalue weighted by Crippen LogP contribution is 2.32. The van der Waals surface area contributed by atoms with Crippen molar-refractivity contribution >= 4 is 26.0 Å². The molecule has 0 spiro atoms. The smallest absolute Gasteiger partial charge is 0.243 e. The third kappa shape index (κ3) is 2.41. The maximum absolute atomic E-state index is 12.5. The molecule has 1 aliphatic heterocycles. The molecule has 1 aromatic rings. The number of hydrogen-bond donors (Lipinski definition) is 0. The Hall–Kier alpha value is -0.590. The van der Waals surface area contributed by atoms with Crippen molar-refractivity contribution in [3.05, 3.63) is 22.2 Å². The Labute approximate surface area is 116 Å². The van der Waals surface area contributed by atoms with Gasteiger partial charge >= 0.3 is 0 Å². The zero-order valence-electron chi connectivity index (χ0n) is 10.4. The summed E-state index contributed by atoms with van der Waals surface area (Å²) in [5.41, 5.74) is 0.731. The monoisotopic (exact) mass is 333 g/mol. The summed E-state index contributed by atoms with van der Waals surface area (Å²) in [5.74, 6) is 0.540. The van der Waals surface area contributed by atoms with Gasteiger partial charge in [-0.2, -0.15) is 4.31 Å². The quantitative estimate of drug-likeness (QED) is 0.853. The average molecular weight is 334 g/mol. The van der Waals surface area contributed by atoms with Crippen LogP contribution in [-0.2, 0) is 10.0 Å². The summed E-state index contributed by atoms with van der Waals surface area (Å²) >= 11 is 3.36. The number of nitrogens with zero attached hydrogens (tertiary/aromatic N) is 1. The van der Waals surface area contributed by atoms with E-state index in [0.717, 1.165) is 22.9 Å². The third-order valence-electron chi connectivity index (χ3n) is 3.13. The molecule has 0 unspecified atom stereocenters. The van der Waals surface area contributed by atoms with Gasteiger partial charge < -0.3 is 4.74 Å². The molecule has 1 fully saturated rings. The minimum atomic E-state index is -3.39. The van der Waals surface area contributed by atoms with Crippen LogP contribution >= 0.6 is 15.9 Å². The summed E-state index contributed by atoms with van der Waals surface area (Å²) < 4.78 is 32.5. The first-order valence-electron chi connectivity index (χ1n) is 5.81. The summed E-state index contributed by atoms with van der Waals surface area (Å²) in [6.07, 6.45) is 1.87. The van der Waals surface area contributed by atoms with E-state index >= 15 is 0 Å². The first-order chi connectivity index (χ1) is 8.46. The number of sulfonamides is 1. The van der Waals surface area contributed by atoms with Gasteiger partial charge in [0, 0.05) is 19.2 Å². The molecule has 18 heavy (non-hydrogen) atoms. The lowest BCUT2D eigenvalue weighted by Gasteiger charge is -2.18. The fourth-order valence-corrected chi connectivity index (χ4v) is 4.49. The molecule has 0 radical (unpaired) electrons. The van der Waals surface area contributed by atoms with Gasteiger partial charge in [-0.25, -0.2) is 8.42 Å². The van der Waals surface area contributed by atoms with E-state index in [2.05, 4.69) is 15.9 Å². The van der Waals surface area contributed by atoms with E-state index in [-0.39, 0.29) is 0 Å². The zero-order valence-corrected chi connectivity index (χ0v) is 12.8. The molecule has 0 bridgehead atoms. The van der Waals surface area contributed by atoms with E-state index in [1.807, 2.05) is 0 Å². The van der Waals surface area contributed by atoms with Crippen LogP contribution in [0.25, 0.3) is 0 Å². The second kappa shape index (κ2) is 5.19. The predicted octanol–water partition coefficient (Wildman–Crippen LogP) is 2.55. The Bertz CT molecular complexity index is 551. The molecule has 100 valence electrons. The highest BCUT2D eigenvalue weighted by atomic mass is 79.9. The van der Waals surface area contributed by atoms with Crippen molar-refractivity contribution in [2.24, 2.45) is 0 Å². The van der Waals surface area contributed by atoms with E-state index in [0.29, 0.717) is 23.7 Å². The molecule has 1 heterocycles. The average Bonchev–Trinajstić information content (AvgIpc) is 2.82. The maximum Gasteiger partial charge on any atom is 0.243 e. The lowest BCUT2D eigenvalue weighted by atomic mass is 10.2. The Kier molecular flexibility index (Phi) is 3.99. The fraction of sp³-hybridized carbons (Fsp3) is 0.500. The van der Waals surface area contributed by atoms with Gasteiger partial charge in [0.2, 0.25) is 10.0 Å². The van der Waals surface area contributed by atoms with Crippen LogP contribution in [0.15, 0.2) is 21.5 Å². The lowest BCUT2D eigenvalue weighted by Crippen LogP contribution is -2.28. The molecule has 6 heteroatoms. The third-order valence-corrected chi connectivity index (χ3v) is 5.79. The van der Waals surface area contributed by atoms with Gasteiger partial charge in [0.05, 0.1) is 16.5 Å². The second-order valence-electron chi connectivity index (χ2n) is 4.36. The van der Waals surface area contributed by atoms with Crippen molar-refractivity contribution in [2.75, 3.05) is 20.2 Å². The van der Waals surface area contributed by atoms with Gasteiger partial charge in [-0.05, 0) is 47.3 Å². The highest BCUT2D eigenvalue weighted by Gasteiger charge is 2.29. The van der Waals surface area contributed by atoms with Gasteiger partial charge in [-0.1, -0.05) is 0 Å². The number of rotatable bonds is 3. The first kappa shape index (κ1) is 13.8. The van der Waals surface area contributed by atoms with Crippen LogP contribution in [0.2, 0.25) is 0 Å². The molecule has 1 aromatic carbocycles. The molecule has 1 aliphatic rings. The van der Waals surface area contributed by atoms with Crippen molar-refractivity contribution in [2.45, 2.75) is 24.7 Å². The van der Waals surface area contributed by atoms with Crippen molar-refractivity contribution in [1.29, 1.82) is 0 Å². The van der Waals surface area contributed by atoms with Gasteiger partial charge in [0.15, 0.2) is 0 Å². The van der Waals surface area contributed by atoms with Gasteiger partial charge in [0.1, 0.15) is 5.75 Å². The van der Waals surface area contributed by atoms with E-state index in [1.165, 1.54) is 7.11 Å². The number of ether oxygens (including phenoxy) is 1. The highest BCUT2D eigenvalue weighted by molar-refractivity contribution is 9.10. The number of aryl methyl sites for hydroxylation is 1. The van der Waals surface area contributed by atoms with Crippen LogP contribution < -0.4 is 4.74 Å². The predicted molar refractivity (Wildman–Crippen MR) is 73.4 cm³/mol. The molecule has 0 amide bonds. The topological polar surface area (TPSA) is 46.6 Å². The van der Waals surface area contributed by atoms with Gasteiger partial charge in [0.25, 0.3) is 0 Å². The standard InChI is InChI=1S/C12H16BrNO3S/c1-9-7-10(13)11(17-2)8-12(9)18(15,16)14-5-3-4-6-14/h7-8H,3-6H2,1-2H3. The van der Waals surface area contributed by atoms with E-state index in [1.54, 1.807) is 23.4 Å². The largest absolute Gasteiger partial charge is 0.496 e. The van der Waals surface area contributed by atoms with Crippen LogP contribution in [0, 0.1) is 6.92 Å². The molecule has 0 atom stereocenters. The van der Waals surface area contributed by atoms with Crippen molar-refractivity contribution in [3.8, 4) is 5.75 Å². The molecule has 0 aromatic heterocycles. The maximum atomic E-state index is 12.5. The Balaban J connectivity index is 2.49. The molecular weight excluding hydrogens is 318 g/mol. The van der Waals surface area contributed by atoms with Crippen LogP contribution in [0.1, 0.15) is 18.4 Å². The number of methoxy groups -OCH3 is 1. The minimum absolute atomic E-state index is 0.337. The molecule has 4 nitrogen and oxygen atoms in total. The van der Waals surface area contributed by atoms with Crippen LogP contribution in [0.4, 0.5) is 0 Å². The van der Waals surface area contributed by atoms with Crippen molar-refractivity contribution < 1.29 is 13.2 Å². The lowest BCUT2D eigenvalue weighted by molar-refractivity contribution is 0.410. The van der Waals surface area contributed by atoms with E-state index < -0.39 is 10.0 Å². The van der Waals surface area contributed by atoms with Gasteiger partial charge in [-0.15, -0.1) is 0 Å². The van der Waals surface area contributed by atoms with Crippen LogP contribution in [-0.4, -0.2) is 32.9 Å². The second-order valence-corrected chi connectivity index (χ2v) is 7.12. The van der Waals surface area contributed by atoms with E-state index in [4.69, 9.17) is 4.74 Å². The summed E-state index contributed by atoms with van der Waals surface area (Å²) in [4.78, 5) is 0.337. The summed E-state index contributed by atoms with van der Waals surface area (Å²) in [6.45, 7) is 3.02. The normalized spacial score (nSPS) is 17.1. The SMILES string of the molecule is COc1cc(S(=O)(=O)N2CCCC2)c(C)cc1Br. The number of benzene rings is 1. The summed E-state index contributed by atoms with van der Waals surface area (Å²) in [6, 6.07) is 3.37. The Morgan fingerprint density at radius 3 is 2.44 bits per heavy atom. The van der Waals surface area contributed by atoms with Gasteiger partial charge in [-0.3, -0.25) is 0 Å². The Morgan fingerprint density at radius 2 is 1.89 bits per heavy atom. The van der Waals surface area contributed by atoms with Crippen LogP contribution in [0.3, 0.4) is 0 Å². The molecule has 0 N–H and O–H groups in total. The number of halogens is 1. The first-order valence-corrected chi connectivity index (χ1v) is 8.04. The molecule has 0 aliphatic carbocycles. The van der Waals surface area contributed by atoms with Crippen LogP contribution in [0.5, 0.6) is 5.75 Å². The summed E-state index contributed by atoms with van der Waals surface area (Å²) in [5, 5.41) is 0. The number of hydrogen-bond acceptors (Lipinski definition) is 3.